The SMILES string of the molecule is CC(C)NCc1ccc(N2CCCC2CO)c(C#N)c1. The topological polar surface area (TPSA) is 59.3 Å². The Labute approximate surface area is 121 Å². The lowest BCUT2D eigenvalue weighted by Crippen LogP contribution is -2.32. The van der Waals surface area contributed by atoms with E-state index in [4.69, 9.17) is 0 Å². The van der Waals surface area contributed by atoms with Crippen LogP contribution in [-0.4, -0.2) is 30.3 Å². The van der Waals surface area contributed by atoms with Crippen molar-refractivity contribution in [3.63, 3.8) is 0 Å². The highest BCUT2D eigenvalue weighted by atomic mass is 16.3. The molecule has 2 rings (SSSR count). The Morgan fingerprint density at radius 1 is 1.50 bits per heavy atom. The van der Waals surface area contributed by atoms with Gasteiger partial charge in [0.25, 0.3) is 0 Å². The molecule has 0 amide bonds. The van der Waals surface area contributed by atoms with Gasteiger partial charge in [0.05, 0.1) is 23.9 Å². The molecule has 0 aromatic heterocycles. The number of nitrogens with zero attached hydrogens (tertiary/aromatic N) is 2. The van der Waals surface area contributed by atoms with Crippen LogP contribution < -0.4 is 10.2 Å². The number of nitriles is 1. The number of hydrogen-bond donors (Lipinski definition) is 2. The molecule has 20 heavy (non-hydrogen) atoms. The number of hydrogen-bond acceptors (Lipinski definition) is 4. The molecule has 1 aliphatic heterocycles. The molecule has 1 unspecified atom stereocenters. The quantitative estimate of drug-likeness (QED) is 0.861. The molecule has 2 N–H and O–H groups in total. The number of nitrogens with one attached hydrogen (secondary N) is 1. The summed E-state index contributed by atoms with van der Waals surface area (Å²) in [7, 11) is 0. The molecule has 0 spiro atoms. The predicted octanol–water partition coefficient (Wildman–Crippen LogP) is 2.02. The molecular formula is C16H23N3O. The summed E-state index contributed by atoms with van der Waals surface area (Å²) < 4.78 is 0. The van der Waals surface area contributed by atoms with Gasteiger partial charge in [-0.05, 0) is 30.5 Å². The van der Waals surface area contributed by atoms with Gasteiger partial charge in [0.1, 0.15) is 6.07 Å². The highest BCUT2D eigenvalue weighted by molar-refractivity contribution is 5.61. The van der Waals surface area contributed by atoms with Gasteiger partial charge in [0.2, 0.25) is 0 Å². The zero-order valence-electron chi connectivity index (χ0n) is 12.3. The van der Waals surface area contributed by atoms with Gasteiger partial charge in [0, 0.05) is 19.1 Å². The number of aliphatic hydroxyl groups excluding tert-OH is 1. The molecule has 1 aliphatic rings. The molecule has 0 saturated carbocycles. The van der Waals surface area contributed by atoms with E-state index in [1.54, 1.807) is 0 Å². The fourth-order valence-corrected chi connectivity index (χ4v) is 2.70. The lowest BCUT2D eigenvalue weighted by Gasteiger charge is -2.26. The maximum absolute atomic E-state index is 9.43. The summed E-state index contributed by atoms with van der Waals surface area (Å²) in [5, 5.41) is 22.2. The Kier molecular flexibility index (Phi) is 4.99. The molecule has 1 fully saturated rings. The van der Waals surface area contributed by atoms with E-state index in [0.29, 0.717) is 11.6 Å². The van der Waals surface area contributed by atoms with Crippen molar-refractivity contribution in [2.45, 2.75) is 45.3 Å². The normalized spacial score (nSPS) is 18.6. The smallest absolute Gasteiger partial charge is 0.101 e. The van der Waals surface area contributed by atoms with Crippen molar-refractivity contribution in [2.75, 3.05) is 18.1 Å². The van der Waals surface area contributed by atoms with E-state index in [9.17, 15) is 10.4 Å². The average Bonchev–Trinajstić information content (AvgIpc) is 2.92. The van der Waals surface area contributed by atoms with Crippen LogP contribution in [0.1, 0.15) is 37.8 Å². The third-order valence-electron chi connectivity index (χ3n) is 3.79. The van der Waals surface area contributed by atoms with Crippen LogP contribution in [0.25, 0.3) is 0 Å². The molecule has 1 aromatic carbocycles. The minimum absolute atomic E-state index is 0.154. The summed E-state index contributed by atoms with van der Waals surface area (Å²) in [5.74, 6) is 0. The molecule has 0 aliphatic carbocycles. The van der Waals surface area contributed by atoms with E-state index in [0.717, 1.165) is 37.2 Å². The Morgan fingerprint density at radius 2 is 2.30 bits per heavy atom. The van der Waals surface area contributed by atoms with Gasteiger partial charge in [-0.2, -0.15) is 5.26 Å². The molecule has 1 heterocycles. The fraction of sp³-hybridized carbons (Fsp3) is 0.562. The summed E-state index contributed by atoms with van der Waals surface area (Å²) in [6, 6.07) is 8.92. The average molecular weight is 273 g/mol. The first-order chi connectivity index (χ1) is 9.65. The van der Waals surface area contributed by atoms with Crippen molar-refractivity contribution in [1.29, 1.82) is 5.26 Å². The number of anilines is 1. The molecule has 1 atom stereocenters. The van der Waals surface area contributed by atoms with Gasteiger partial charge in [-0.15, -0.1) is 0 Å². The molecule has 4 heteroatoms. The standard InChI is InChI=1S/C16H23N3O/c1-12(2)18-10-13-5-6-16(14(8-13)9-17)19-7-3-4-15(19)11-20/h5-6,8,12,15,18,20H,3-4,7,10-11H2,1-2H3. The zero-order valence-corrected chi connectivity index (χ0v) is 12.3. The van der Waals surface area contributed by atoms with Crippen molar-refractivity contribution in [3.05, 3.63) is 29.3 Å². The molecular weight excluding hydrogens is 250 g/mol. The molecule has 0 bridgehead atoms. The van der Waals surface area contributed by atoms with E-state index in [2.05, 4.69) is 36.2 Å². The largest absolute Gasteiger partial charge is 0.394 e. The summed E-state index contributed by atoms with van der Waals surface area (Å²) >= 11 is 0. The highest BCUT2D eigenvalue weighted by Crippen LogP contribution is 2.29. The van der Waals surface area contributed by atoms with Crippen LogP contribution in [0.2, 0.25) is 0 Å². The van der Waals surface area contributed by atoms with E-state index >= 15 is 0 Å². The first-order valence-corrected chi connectivity index (χ1v) is 7.29. The number of aliphatic hydroxyl groups is 1. The van der Waals surface area contributed by atoms with Gasteiger partial charge in [-0.1, -0.05) is 19.9 Å². The maximum atomic E-state index is 9.43. The van der Waals surface area contributed by atoms with Crippen LogP contribution in [0.3, 0.4) is 0 Å². The minimum Gasteiger partial charge on any atom is -0.394 e. The predicted molar refractivity (Wildman–Crippen MR) is 80.6 cm³/mol. The first kappa shape index (κ1) is 14.8. The molecule has 4 nitrogen and oxygen atoms in total. The fourth-order valence-electron chi connectivity index (χ4n) is 2.70. The van der Waals surface area contributed by atoms with E-state index < -0.39 is 0 Å². The van der Waals surface area contributed by atoms with Gasteiger partial charge in [-0.3, -0.25) is 0 Å². The number of benzene rings is 1. The van der Waals surface area contributed by atoms with Gasteiger partial charge >= 0.3 is 0 Å². The summed E-state index contributed by atoms with van der Waals surface area (Å²) in [6.45, 7) is 6.06. The Morgan fingerprint density at radius 3 is 2.95 bits per heavy atom. The van der Waals surface area contributed by atoms with E-state index in [-0.39, 0.29) is 12.6 Å². The van der Waals surface area contributed by atoms with Crippen molar-refractivity contribution in [3.8, 4) is 6.07 Å². The minimum atomic E-state index is 0.154. The lowest BCUT2D eigenvalue weighted by atomic mass is 10.1. The second-order valence-corrected chi connectivity index (χ2v) is 5.67. The molecule has 1 saturated heterocycles. The van der Waals surface area contributed by atoms with Crippen molar-refractivity contribution < 1.29 is 5.11 Å². The summed E-state index contributed by atoms with van der Waals surface area (Å²) in [5.41, 5.74) is 2.78. The van der Waals surface area contributed by atoms with Crippen LogP contribution in [-0.2, 0) is 6.54 Å². The van der Waals surface area contributed by atoms with E-state index in [1.165, 1.54) is 0 Å². The second kappa shape index (κ2) is 6.74. The lowest BCUT2D eigenvalue weighted by molar-refractivity contribution is 0.266. The van der Waals surface area contributed by atoms with E-state index in [1.807, 2.05) is 12.1 Å². The van der Waals surface area contributed by atoms with Crippen molar-refractivity contribution >= 4 is 5.69 Å². The third-order valence-corrected chi connectivity index (χ3v) is 3.79. The Balaban J connectivity index is 2.20. The van der Waals surface area contributed by atoms with Crippen molar-refractivity contribution in [1.82, 2.24) is 5.32 Å². The monoisotopic (exact) mass is 273 g/mol. The van der Waals surface area contributed by atoms with Crippen molar-refractivity contribution in [2.24, 2.45) is 0 Å². The van der Waals surface area contributed by atoms with Crippen LogP contribution >= 0.6 is 0 Å². The highest BCUT2D eigenvalue weighted by Gasteiger charge is 2.25. The van der Waals surface area contributed by atoms with Crippen LogP contribution in [0.4, 0.5) is 5.69 Å². The van der Waals surface area contributed by atoms with Crippen LogP contribution in [0, 0.1) is 11.3 Å². The van der Waals surface area contributed by atoms with Crippen LogP contribution in [0.15, 0.2) is 18.2 Å². The second-order valence-electron chi connectivity index (χ2n) is 5.67. The Hall–Kier alpha value is -1.57. The molecule has 108 valence electrons. The van der Waals surface area contributed by atoms with Gasteiger partial charge in [0.15, 0.2) is 0 Å². The van der Waals surface area contributed by atoms with Gasteiger partial charge < -0.3 is 15.3 Å². The molecule has 0 radical (unpaired) electrons. The van der Waals surface area contributed by atoms with Gasteiger partial charge in [-0.25, -0.2) is 0 Å². The maximum Gasteiger partial charge on any atom is 0.101 e. The first-order valence-electron chi connectivity index (χ1n) is 7.29. The Bertz CT molecular complexity index is 493. The zero-order chi connectivity index (χ0) is 14.5. The number of rotatable bonds is 5. The van der Waals surface area contributed by atoms with Crippen LogP contribution in [0.5, 0.6) is 0 Å². The third kappa shape index (κ3) is 3.30. The summed E-state index contributed by atoms with van der Waals surface area (Å²) in [4.78, 5) is 2.16. The molecule has 1 aromatic rings. The summed E-state index contributed by atoms with van der Waals surface area (Å²) in [6.07, 6.45) is 2.07.